The van der Waals surface area contributed by atoms with Crippen LogP contribution in [0.3, 0.4) is 0 Å². The number of rotatable bonds is 4. The van der Waals surface area contributed by atoms with Crippen LogP contribution in [0.1, 0.15) is 24.7 Å². The van der Waals surface area contributed by atoms with Gasteiger partial charge in [0.15, 0.2) is 5.75 Å². The van der Waals surface area contributed by atoms with Gasteiger partial charge in [-0.1, -0.05) is 30.3 Å². The number of hydrogen-bond acceptors (Lipinski definition) is 5. The van der Waals surface area contributed by atoms with E-state index in [0.717, 1.165) is 38.9 Å². The van der Waals surface area contributed by atoms with E-state index < -0.39 is 0 Å². The molecule has 5 heteroatoms. The fourth-order valence-electron chi connectivity index (χ4n) is 3.11. The number of aromatic hydroxyl groups is 1. The summed E-state index contributed by atoms with van der Waals surface area (Å²) in [5, 5.41) is 9.28. The molecule has 2 aromatic rings. The van der Waals surface area contributed by atoms with Crippen LogP contribution in [0, 0.1) is 0 Å². The second-order valence-corrected chi connectivity index (χ2v) is 6.47. The molecule has 0 aliphatic carbocycles. The predicted molar refractivity (Wildman–Crippen MR) is 92.9 cm³/mol. The first-order valence-electron chi connectivity index (χ1n) is 8.43. The summed E-state index contributed by atoms with van der Waals surface area (Å²) in [5.41, 5.74) is 0.951. The van der Waals surface area contributed by atoms with E-state index in [1.54, 1.807) is 0 Å². The molecular weight excluding hydrogens is 304 g/mol. The molecule has 0 saturated carbocycles. The number of hydrogen-bond donors (Lipinski definition) is 1. The summed E-state index contributed by atoms with van der Waals surface area (Å²) in [7, 11) is 0. The van der Waals surface area contributed by atoms with Gasteiger partial charge in [-0.3, -0.25) is 14.6 Å². The van der Waals surface area contributed by atoms with Crippen LogP contribution in [0.25, 0.3) is 0 Å². The van der Waals surface area contributed by atoms with Crippen LogP contribution < -0.4 is 5.43 Å². The lowest BCUT2D eigenvalue weighted by atomic mass is 10.1. The van der Waals surface area contributed by atoms with Gasteiger partial charge in [0.05, 0.1) is 6.54 Å². The third-order valence-corrected chi connectivity index (χ3v) is 4.66. The standard InChI is InChI=1S/C19H24N2O3/c1-15-7-8-20(13-17-11-18(22)19(23)14-24-17)9-10-21(15)12-16-5-3-2-4-6-16/h2-6,11,14-15,23H,7-10,12-13H2,1H3/t15-/m1/s1. The average Bonchev–Trinajstić information content (AvgIpc) is 2.75. The number of nitrogens with zero attached hydrogens (tertiary/aromatic N) is 2. The van der Waals surface area contributed by atoms with Crippen LogP contribution in [0.5, 0.6) is 5.75 Å². The third kappa shape index (κ3) is 4.24. The predicted octanol–water partition coefficient (Wildman–Crippen LogP) is 2.44. The van der Waals surface area contributed by atoms with Gasteiger partial charge >= 0.3 is 0 Å². The highest BCUT2D eigenvalue weighted by atomic mass is 16.4. The molecule has 2 heterocycles. The highest BCUT2D eigenvalue weighted by Gasteiger charge is 2.21. The molecule has 1 atom stereocenters. The van der Waals surface area contributed by atoms with Gasteiger partial charge < -0.3 is 9.52 Å². The summed E-state index contributed by atoms with van der Waals surface area (Å²) in [4.78, 5) is 16.3. The maximum atomic E-state index is 11.5. The third-order valence-electron chi connectivity index (χ3n) is 4.66. The van der Waals surface area contributed by atoms with Crippen molar-refractivity contribution >= 4 is 0 Å². The van der Waals surface area contributed by atoms with E-state index in [1.807, 2.05) is 6.07 Å². The average molecular weight is 328 g/mol. The molecule has 0 amide bonds. The van der Waals surface area contributed by atoms with Gasteiger partial charge in [0, 0.05) is 38.3 Å². The summed E-state index contributed by atoms with van der Waals surface area (Å²) >= 11 is 0. The van der Waals surface area contributed by atoms with Crippen molar-refractivity contribution in [3.63, 3.8) is 0 Å². The first-order valence-corrected chi connectivity index (χ1v) is 8.43. The molecule has 3 rings (SSSR count). The van der Waals surface area contributed by atoms with E-state index in [1.165, 1.54) is 11.6 Å². The zero-order valence-electron chi connectivity index (χ0n) is 14.0. The summed E-state index contributed by atoms with van der Waals surface area (Å²) in [6.45, 7) is 6.72. The lowest BCUT2D eigenvalue weighted by Gasteiger charge is -2.26. The summed E-state index contributed by atoms with van der Waals surface area (Å²) in [5.74, 6) is 0.263. The Balaban J connectivity index is 1.61. The van der Waals surface area contributed by atoms with Crippen LogP contribution in [-0.2, 0) is 13.1 Å². The lowest BCUT2D eigenvalue weighted by molar-refractivity contribution is 0.202. The highest BCUT2D eigenvalue weighted by molar-refractivity contribution is 5.16. The van der Waals surface area contributed by atoms with Gasteiger partial charge in [-0.25, -0.2) is 0 Å². The molecule has 5 nitrogen and oxygen atoms in total. The van der Waals surface area contributed by atoms with Crippen LogP contribution in [-0.4, -0.2) is 40.6 Å². The fourth-order valence-corrected chi connectivity index (χ4v) is 3.11. The van der Waals surface area contributed by atoms with Crippen molar-refractivity contribution in [3.05, 3.63) is 64.2 Å². The van der Waals surface area contributed by atoms with Crippen molar-refractivity contribution in [3.8, 4) is 5.75 Å². The van der Waals surface area contributed by atoms with Crippen LogP contribution >= 0.6 is 0 Å². The van der Waals surface area contributed by atoms with Crippen molar-refractivity contribution in [1.29, 1.82) is 0 Å². The van der Waals surface area contributed by atoms with E-state index in [-0.39, 0.29) is 11.2 Å². The molecule has 0 spiro atoms. The monoisotopic (exact) mass is 328 g/mol. The molecule has 128 valence electrons. The lowest BCUT2D eigenvalue weighted by Crippen LogP contribution is -2.34. The van der Waals surface area contributed by atoms with E-state index in [9.17, 15) is 9.90 Å². The molecule has 1 saturated heterocycles. The van der Waals surface area contributed by atoms with Crippen molar-refractivity contribution in [2.75, 3.05) is 19.6 Å². The Labute approximate surface area is 142 Å². The quantitative estimate of drug-likeness (QED) is 0.934. The Morgan fingerprint density at radius 1 is 1.17 bits per heavy atom. The highest BCUT2D eigenvalue weighted by Crippen LogP contribution is 2.16. The molecule has 1 aromatic heterocycles. The largest absolute Gasteiger partial charge is 0.502 e. The summed E-state index contributed by atoms with van der Waals surface area (Å²) in [6.07, 6.45) is 2.20. The minimum atomic E-state index is -0.384. The minimum absolute atomic E-state index is 0.336. The molecule has 1 aliphatic rings. The Morgan fingerprint density at radius 3 is 2.71 bits per heavy atom. The molecule has 0 radical (unpaired) electrons. The van der Waals surface area contributed by atoms with Crippen LogP contribution in [0.2, 0.25) is 0 Å². The normalized spacial score (nSPS) is 20.0. The molecule has 1 aromatic carbocycles. The van der Waals surface area contributed by atoms with Crippen molar-refractivity contribution < 1.29 is 9.52 Å². The molecule has 24 heavy (non-hydrogen) atoms. The first kappa shape index (κ1) is 16.7. The van der Waals surface area contributed by atoms with Gasteiger partial charge in [0.2, 0.25) is 5.43 Å². The molecule has 0 bridgehead atoms. The molecule has 1 fully saturated rings. The summed E-state index contributed by atoms with van der Waals surface area (Å²) < 4.78 is 5.33. The fraction of sp³-hybridized carbons (Fsp3) is 0.421. The Kier molecular flexibility index (Phi) is 5.33. The molecule has 1 aliphatic heterocycles. The van der Waals surface area contributed by atoms with E-state index in [4.69, 9.17) is 4.42 Å². The zero-order chi connectivity index (χ0) is 16.9. The Bertz CT molecular complexity index is 714. The van der Waals surface area contributed by atoms with E-state index >= 15 is 0 Å². The Hall–Kier alpha value is -2.11. The molecule has 1 N–H and O–H groups in total. The molecular formula is C19H24N2O3. The van der Waals surface area contributed by atoms with E-state index in [0.29, 0.717) is 18.3 Å². The van der Waals surface area contributed by atoms with Crippen LogP contribution in [0.15, 0.2) is 51.9 Å². The van der Waals surface area contributed by atoms with Crippen molar-refractivity contribution in [1.82, 2.24) is 9.80 Å². The topological polar surface area (TPSA) is 56.9 Å². The van der Waals surface area contributed by atoms with Crippen molar-refractivity contribution in [2.45, 2.75) is 32.5 Å². The van der Waals surface area contributed by atoms with Gasteiger partial charge in [0.1, 0.15) is 12.0 Å². The van der Waals surface area contributed by atoms with Crippen molar-refractivity contribution in [2.24, 2.45) is 0 Å². The number of benzene rings is 1. The van der Waals surface area contributed by atoms with Crippen LogP contribution in [0.4, 0.5) is 0 Å². The second-order valence-electron chi connectivity index (χ2n) is 6.47. The van der Waals surface area contributed by atoms with Gasteiger partial charge in [-0.15, -0.1) is 0 Å². The maximum absolute atomic E-state index is 11.5. The maximum Gasteiger partial charge on any atom is 0.226 e. The zero-order valence-corrected chi connectivity index (χ0v) is 14.0. The molecule has 0 unspecified atom stereocenters. The van der Waals surface area contributed by atoms with Gasteiger partial charge in [-0.2, -0.15) is 0 Å². The Morgan fingerprint density at radius 2 is 1.96 bits per heavy atom. The SMILES string of the molecule is C[C@@H]1CCN(Cc2cc(=O)c(O)co2)CCN1Cc1ccccc1. The van der Waals surface area contributed by atoms with Gasteiger partial charge in [-0.05, 0) is 18.9 Å². The van der Waals surface area contributed by atoms with E-state index in [2.05, 4.69) is 41.0 Å². The smallest absolute Gasteiger partial charge is 0.226 e. The van der Waals surface area contributed by atoms with Gasteiger partial charge in [0.25, 0.3) is 0 Å². The first-order chi connectivity index (χ1) is 11.6. The minimum Gasteiger partial charge on any atom is -0.502 e. The summed E-state index contributed by atoms with van der Waals surface area (Å²) in [6, 6.07) is 12.4. The second kappa shape index (κ2) is 7.64.